The molecule has 7 heteroatoms. The van der Waals surface area contributed by atoms with Crippen LogP contribution in [0.4, 0.5) is 10.1 Å². The van der Waals surface area contributed by atoms with Crippen molar-refractivity contribution < 1.29 is 17.6 Å². The fraction of sp³-hybridized carbons (Fsp3) is 0.235. The number of aryl methyl sites for hydroxylation is 1. The minimum Gasteiger partial charge on any atom is -0.326 e. The van der Waals surface area contributed by atoms with Gasteiger partial charge in [-0.05, 0) is 36.2 Å². The van der Waals surface area contributed by atoms with E-state index >= 15 is 0 Å². The molecule has 128 valence electrons. The second-order valence-electron chi connectivity index (χ2n) is 5.56. The number of rotatable bonds is 6. The van der Waals surface area contributed by atoms with Crippen LogP contribution < -0.4 is 10.0 Å². The maximum atomic E-state index is 13.1. The molecule has 1 atom stereocenters. The van der Waals surface area contributed by atoms with Gasteiger partial charge in [0.2, 0.25) is 15.9 Å². The van der Waals surface area contributed by atoms with E-state index in [0.29, 0.717) is 11.3 Å². The minimum atomic E-state index is -3.53. The number of amides is 1. The zero-order valence-electron chi connectivity index (χ0n) is 13.4. The van der Waals surface area contributed by atoms with E-state index in [-0.39, 0.29) is 12.3 Å². The molecule has 0 aromatic heterocycles. The topological polar surface area (TPSA) is 75.3 Å². The Morgan fingerprint density at radius 1 is 1.12 bits per heavy atom. The van der Waals surface area contributed by atoms with Gasteiger partial charge in [-0.1, -0.05) is 30.3 Å². The molecule has 0 aliphatic rings. The number of hydrogen-bond acceptors (Lipinski definition) is 3. The molecule has 2 rings (SSSR count). The smallest absolute Gasteiger partial charge is 0.226 e. The highest BCUT2D eigenvalue weighted by Crippen LogP contribution is 2.20. The molecule has 5 nitrogen and oxygen atoms in total. The van der Waals surface area contributed by atoms with Crippen LogP contribution in [0.25, 0.3) is 0 Å². The highest BCUT2D eigenvalue weighted by atomic mass is 32.2. The summed E-state index contributed by atoms with van der Waals surface area (Å²) in [6, 6.07) is 11.9. The van der Waals surface area contributed by atoms with Gasteiger partial charge in [-0.3, -0.25) is 4.79 Å². The van der Waals surface area contributed by atoms with E-state index in [1.807, 2.05) is 19.1 Å². The number of nitrogens with one attached hydrogen (secondary N) is 2. The Bertz CT molecular complexity index is 820. The number of benzene rings is 2. The predicted octanol–water partition coefficient (Wildman–Crippen LogP) is 2.75. The molecule has 0 aliphatic carbocycles. The number of hydrogen-bond donors (Lipinski definition) is 2. The van der Waals surface area contributed by atoms with Crippen molar-refractivity contribution in [1.82, 2.24) is 4.72 Å². The number of halogens is 1. The van der Waals surface area contributed by atoms with Crippen molar-refractivity contribution >= 4 is 21.6 Å². The van der Waals surface area contributed by atoms with Crippen LogP contribution in [-0.4, -0.2) is 20.6 Å². The Hall–Kier alpha value is -2.25. The first-order valence-corrected chi connectivity index (χ1v) is 9.22. The fourth-order valence-electron chi connectivity index (χ4n) is 2.28. The van der Waals surface area contributed by atoms with Crippen LogP contribution >= 0.6 is 0 Å². The van der Waals surface area contributed by atoms with Crippen molar-refractivity contribution in [2.45, 2.75) is 19.4 Å². The number of carbonyl (C=O) groups excluding carboxylic acids is 1. The number of anilines is 1. The summed E-state index contributed by atoms with van der Waals surface area (Å²) in [6.45, 7) is 1.86. The van der Waals surface area contributed by atoms with Crippen molar-refractivity contribution in [3.63, 3.8) is 0 Å². The molecule has 0 saturated heterocycles. The molecule has 0 bridgehead atoms. The first-order valence-electron chi connectivity index (χ1n) is 7.33. The summed E-state index contributed by atoms with van der Waals surface area (Å²) < 4.78 is 38.6. The van der Waals surface area contributed by atoms with Gasteiger partial charge in [-0.2, -0.15) is 0 Å². The molecule has 0 spiro atoms. The van der Waals surface area contributed by atoms with Gasteiger partial charge in [0.25, 0.3) is 0 Å². The number of para-hydroxylation sites is 1. The molecule has 0 aliphatic heterocycles. The van der Waals surface area contributed by atoms with Gasteiger partial charge in [-0.25, -0.2) is 17.5 Å². The first kappa shape index (κ1) is 18.1. The van der Waals surface area contributed by atoms with E-state index in [1.54, 1.807) is 12.1 Å². The van der Waals surface area contributed by atoms with Gasteiger partial charge in [0, 0.05) is 12.1 Å². The Balaban J connectivity index is 2.17. The summed E-state index contributed by atoms with van der Waals surface area (Å²) in [7, 11) is -3.53. The maximum Gasteiger partial charge on any atom is 0.226 e. The quantitative estimate of drug-likeness (QED) is 0.841. The maximum absolute atomic E-state index is 13.1. The van der Waals surface area contributed by atoms with Crippen molar-refractivity contribution in [1.29, 1.82) is 0 Å². The largest absolute Gasteiger partial charge is 0.326 e. The summed E-state index contributed by atoms with van der Waals surface area (Å²) >= 11 is 0. The van der Waals surface area contributed by atoms with Crippen molar-refractivity contribution in [3.05, 3.63) is 65.5 Å². The first-order chi connectivity index (χ1) is 11.2. The SMILES string of the molecule is Cc1ccccc1NC(=O)C[C@H](NS(C)(=O)=O)c1ccc(F)cc1. The molecular weight excluding hydrogens is 331 g/mol. The fourth-order valence-corrected chi connectivity index (χ4v) is 3.02. The van der Waals surface area contributed by atoms with Crippen LogP contribution in [0.5, 0.6) is 0 Å². The lowest BCUT2D eigenvalue weighted by Gasteiger charge is -2.18. The van der Waals surface area contributed by atoms with Gasteiger partial charge in [0.1, 0.15) is 5.82 Å². The van der Waals surface area contributed by atoms with Gasteiger partial charge in [0.05, 0.1) is 12.3 Å². The van der Waals surface area contributed by atoms with Gasteiger partial charge < -0.3 is 5.32 Å². The Kier molecular flexibility index (Phi) is 5.69. The predicted molar refractivity (Wildman–Crippen MR) is 91.5 cm³/mol. The van der Waals surface area contributed by atoms with Crippen molar-refractivity contribution in [2.75, 3.05) is 11.6 Å². The third-order valence-electron chi connectivity index (χ3n) is 3.44. The minimum absolute atomic E-state index is 0.104. The lowest BCUT2D eigenvalue weighted by molar-refractivity contribution is -0.116. The summed E-state index contributed by atoms with van der Waals surface area (Å²) in [5, 5.41) is 2.76. The molecule has 2 N–H and O–H groups in total. The Morgan fingerprint density at radius 2 is 1.75 bits per heavy atom. The Labute approximate surface area is 141 Å². The lowest BCUT2D eigenvalue weighted by atomic mass is 10.0. The normalized spacial score (nSPS) is 12.6. The van der Waals surface area contributed by atoms with E-state index in [1.165, 1.54) is 24.3 Å². The Morgan fingerprint density at radius 3 is 2.33 bits per heavy atom. The highest BCUT2D eigenvalue weighted by Gasteiger charge is 2.20. The van der Waals surface area contributed by atoms with Crippen molar-refractivity contribution in [3.8, 4) is 0 Å². The van der Waals surface area contributed by atoms with Crippen molar-refractivity contribution in [2.24, 2.45) is 0 Å². The molecular formula is C17H19FN2O3S. The molecule has 1 amide bonds. The number of sulfonamides is 1. The molecule has 0 fully saturated rings. The molecule has 0 radical (unpaired) electrons. The van der Waals surface area contributed by atoms with Crippen LogP contribution in [0.3, 0.4) is 0 Å². The standard InChI is InChI=1S/C17H19FN2O3S/c1-12-5-3-4-6-15(12)19-17(21)11-16(20-24(2,22)23)13-7-9-14(18)10-8-13/h3-10,16,20H,11H2,1-2H3,(H,19,21)/t16-/m0/s1. The highest BCUT2D eigenvalue weighted by molar-refractivity contribution is 7.88. The molecule has 0 unspecified atom stereocenters. The average Bonchev–Trinajstić information content (AvgIpc) is 2.48. The van der Waals surface area contributed by atoms with E-state index < -0.39 is 21.9 Å². The zero-order chi connectivity index (χ0) is 17.7. The summed E-state index contributed by atoms with van der Waals surface area (Å²) in [5.41, 5.74) is 2.08. The number of carbonyl (C=O) groups is 1. The van der Waals surface area contributed by atoms with E-state index in [4.69, 9.17) is 0 Å². The molecule has 2 aromatic carbocycles. The van der Waals surface area contributed by atoms with Crippen LogP contribution in [-0.2, 0) is 14.8 Å². The van der Waals surface area contributed by atoms with Gasteiger partial charge in [0.15, 0.2) is 0 Å². The molecule has 2 aromatic rings. The summed E-state index contributed by atoms with van der Waals surface area (Å²) in [6.07, 6.45) is 0.913. The van der Waals surface area contributed by atoms with E-state index in [0.717, 1.165) is 11.8 Å². The zero-order valence-corrected chi connectivity index (χ0v) is 14.2. The second-order valence-corrected chi connectivity index (χ2v) is 7.34. The van der Waals surface area contributed by atoms with E-state index in [2.05, 4.69) is 10.0 Å². The van der Waals surface area contributed by atoms with Gasteiger partial charge >= 0.3 is 0 Å². The average molecular weight is 350 g/mol. The lowest BCUT2D eigenvalue weighted by Crippen LogP contribution is -2.30. The van der Waals surface area contributed by atoms with Crippen LogP contribution in [0.2, 0.25) is 0 Å². The monoisotopic (exact) mass is 350 g/mol. The van der Waals surface area contributed by atoms with E-state index in [9.17, 15) is 17.6 Å². The second kappa shape index (κ2) is 7.55. The van der Waals surface area contributed by atoms with Gasteiger partial charge in [-0.15, -0.1) is 0 Å². The van der Waals surface area contributed by atoms with Crippen LogP contribution in [0.1, 0.15) is 23.6 Å². The van der Waals surface area contributed by atoms with Crippen LogP contribution in [0.15, 0.2) is 48.5 Å². The summed E-state index contributed by atoms with van der Waals surface area (Å²) in [4.78, 5) is 12.3. The summed E-state index contributed by atoms with van der Waals surface area (Å²) in [5.74, 6) is -0.768. The molecule has 24 heavy (non-hydrogen) atoms. The van der Waals surface area contributed by atoms with Crippen LogP contribution in [0, 0.1) is 12.7 Å². The third kappa shape index (κ3) is 5.43. The molecule has 0 saturated carbocycles. The molecule has 0 heterocycles. The third-order valence-corrected chi connectivity index (χ3v) is 4.15.